The van der Waals surface area contributed by atoms with Crippen molar-refractivity contribution < 1.29 is 12.8 Å². The maximum Gasteiger partial charge on any atom is 0.211 e. The molecule has 0 unspecified atom stereocenters. The van der Waals surface area contributed by atoms with E-state index < -0.39 is 10.0 Å². The van der Waals surface area contributed by atoms with Gasteiger partial charge in [0.25, 0.3) is 0 Å². The first-order valence-corrected chi connectivity index (χ1v) is 12.1. The second-order valence-electron chi connectivity index (χ2n) is 5.95. The van der Waals surface area contributed by atoms with Crippen molar-refractivity contribution in [3.8, 4) is 0 Å². The van der Waals surface area contributed by atoms with E-state index in [4.69, 9.17) is 0 Å². The quantitative estimate of drug-likeness (QED) is 0.139. The van der Waals surface area contributed by atoms with E-state index in [1.54, 1.807) is 23.9 Å². The first-order chi connectivity index (χ1) is 12.9. The van der Waals surface area contributed by atoms with Crippen LogP contribution in [-0.4, -0.2) is 63.4 Å². The van der Waals surface area contributed by atoms with Crippen LogP contribution in [0.25, 0.3) is 0 Å². The van der Waals surface area contributed by atoms with Crippen LogP contribution in [0.5, 0.6) is 0 Å². The van der Waals surface area contributed by atoms with Gasteiger partial charge in [-0.25, -0.2) is 17.1 Å². The third-order valence-corrected chi connectivity index (χ3v) is 6.17. The van der Waals surface area contributed by atoms with E-state index in [2.05, 4.69) is 15.6 Å². The van der Waals surface area contributed by atoms with Gasteiger partial charge in [-0.3, -0.25) is 4.99 Å². The Balaban J connectivity index is 0.00000729. The molecule has 0 bridgehead atoms. The summed E-state index contributed by atoms with van der Waals surface area (Å²) in [5, 5.41) is 6.42. The maximum atomic E-state index is 12.9. The van der Waals surface area contributed by atoms with Gasteiger partial charge in [0.1, 0.15) is 5.82 Å². The molecule has 0 heterocycles. The van der Waals surface area contributed by atoms with Gasteiger partial charge in [-0.2, -0.15) is 0 Å². The van der Waals surface area contributed by atoms with Crippen LogP contribution < -0.4 is 10.6 Å². The molecule has 0 spiro atoms. The molecule has 1 aromatic carbocycles. The Bertz CT molecular complexity index is 673. The van der Waals surface area contributed by atoms with E-state index in [9.17, 15) is 12.8 Å². The number of aliphatic imine (C=N–C) groups is 1. The first-order valence-electron chi connectivity index (χ1n) is 9.22. The Morgan fingerprint density at radius 2 is 1.86 bits per heavy atom. The summed E-state index contributed by atoms with van der Waals surface area (Å²) >= 11 is 1.68. The molecule has 0 saturated heterocycles. The highest BCUT2D eigenvalue weighted by atomic mass is 127. The Morgan fingerprint density at radius 1 is 1.18 bits per heavy atom. The maximum absolute atomic E-state index is 12.9. The Labute approximate surface area is 190 Å². The topological polar surface area (TPSA) is 73.8 Å². The van der Waals surface area contributed by atoms with Crippen molar-refractivity contribution >= 4 is 51.7 Å². The summed E-state index contributed by atoms with van der Waals surface area (Å²) in [5.41, 5.74) is 0. The summed E-state index contributed by atoms with van der Waals surface area (Å²) in [6.07, 6.45) is 2.86. The number of nitrogens with one attached hydrogen (secondary N) is 2. The molecule has 0 aliphatic rings. The molecule has 0 aromatic heterocycles. The molecular weight excluding hydrogens is 514 g/mol. The van der Waals surface area contributed by atoms with E-state index >= 15 is 0 Å². The lowest BCUT2D eigenvalue weighted by molar-refractivity contribution is 0.424. The molecule has 0 saturated carbocycles. The molecule has 0 amide bonds. The molecule has 0 atom stereocenters. The van der Waals surface area contributed by atoms with Crippen molar-refractivity contribution in [1.82, 2.24) is 14.9 Å². The van der Waals surface area contributed by atoms with Crippen molar-refractivity contribution in [3.05, 3.63) is 30.1 Å². The smallest absolute Gasteiger partial charge is 0.211 e. The average molecular weight is 547 g/mol. The SMILES string of the molecule is CCNC(=NCCCSc1ccc(F)cc1)NCCCN(CC)S(C)(=O)=O.I. The molecule has 0 fully saturated rings. The number of hydrogen-bond donors (Lipinski definition) is 2. The standard InChI is InChI=1S/C18H31FN4O2S2.HI/c1-4-20-18(21-12-6-14-23(5-2)27(3,24)25)22-13-7-15-26-17-10-8-16(19)9-11-17;/h8-11H,4-7,12-15H2,1-3H3,(H2,20,21,22);1H. The van der Waals surface area contributed by atoms with Crippen LogP contribution in [-0.2, 0) is 10.0 Å². The van der Waals surface area contributed by atoms with Crippen LogP contribution in [0.3, 0.4) is 0 Å². The fraction of sp³-hybridized carbons (Fsp3) is 0.611. The third-order valence-electron chi connectivity index (χ3n) is 3.70. The van der Waals surface area contributed by atoms with Crippen LogP contribution in [0.15, 0.2) is 34.2 Å². The minimum atomic E-state index is -3.14. The highest BCUT2D eigenvalue weighted by molar-refractivity contribution is 14.0. The summed E-state index contributed by atoms with van der Waals surface area (Å²) in [6.45, 7) is 6.93. The largest absolute Gasteiger partial charge is 0.357 e. The number of thioether (sulfide) groups is 1. The predicted molar refractivity (Wildman–Crippen MR) is 128 cm³/mol. The molecule has 6 nitrogen and oxygen atoms in total. The van der Waals surface area contributed by atoms with E-state index in [1.165, 1.54) is 22.7 Å². The van der Waals surface area contributed by atoms with Gasteiger partial charge in [-0.15, -0.1) is 35.7 Å². The van der Waals surface area contributed by atoms with Gasteiger partial charge in [0.05, 0.1) is 6.26 Å². The molecule has 28 heavy (non-hydrogen) atoms. The van der Waals surface area contributed by atoms with Crippen LogP contribution in [0.4, 0.5) is 4.39 Å². The fourth-order valence-corrected chi connectivity index (χ4v) is 4.11. The van der Waals surface area contributed by atoms with E-state index in [0.717, 1.165) is 29.6 Å². The van der Waals surface area contributed by atoms with Crippen LogP contribution >= 0.6 is 35.7 Å². The van der Waals surface area contributed by atoms with E-state index in [-0.39, 0.29) is 29.8 Å². The van der Waals surface area contributed by atoms with Crippen LogP contribution in [0.1, 0.15) is 26.7 Å². The highest BCUT2D eigenvalue weighted by Gasteiger charge is 2.13. The molecule has 0 radical (unpaired) electrons. The Morgan fingerprint density at radius 3 is 2.43 bits per heavy atom. The monoisotopic (exact) mass is 546 g/mol. The van der Waals surface area contributed by atoms with Gasteiger partial charge in [0.2, 0.25) is 10.0 Å². The van der Waals surface area contributed by atoms with Crippen molar-refractivity contribution in [2.45, 2.75) is 31.6 Å². The minimum absolute atomic E-state index is 0. The number of hydrogen-bond acceptors (Lipinski definition) is 4. The summed E-state index contributed by atoms with van der Waals surface area (Å²) in [5.74, 6) is 1.43. The molecule has 0 aliphatic heterocycles. The third kappa shape index (κ3) is 12.1. The van der Waals surface area contributed by atoms with Gasteiger partial charge in [-0.05, 0) is 49.8 Å². The van der Waals surface area contributed by atoms with Crippen LogP contribution in [0.2, 0.25) is 0 Å². The number of rotatable bonds is 12. The zero-order chi connectivity index (χ0) is 20.1. The van der Waals surface area contributed by atoms with Gasteiger partial charge >= 0.3 is 0 Å². The van der Waals surface area contributed by atoms with E-state index in [0.29, 0.717) is 32.6 Å². The van der Waals surface area contributed by atoms with Gasteiger partial charge < -0.3 is 10.6 Å². The molecule has 1 rings (SSSR count). The normalized spacial score (nSPS) is 12.0. The second kappa shape index (κ2) is 15.3. The summed E-state index contributed by atoms with van der Waals surface area (Å²) < 4.78 is 37.5. The number of benzene rings is 1. The van der Waals surface area contributed by atoms with Crippen molar-refractivity contribution in [1.29, 1.82) is 0 Å². The molecule has 0 aliphatic carbocycles. The number of halogens is 2. The lowest BCUT2D eigenvalue weighted by atomic mass is 10.4. The average Bonchev–Trinajstić information content (AvgIpc) is 2.61. The van der Waals surface area contributed by atoms with Crippen LogP contribution in [0, 0.1) is 5.82 Å². The Kier molecular flexibility index (Phi) is 15.0. The van der Waals surface area contributed by atoms with Crippen molar-refractivity contribution in [2.24, 2.45) is 4.99 Å². The fourth-order valence-electron chi connectivity index (χ4n) is 2.34. The van der Waals surface area contributed by atoms with Gasteiger partial charge in [0, 0.05) is 37.6 Å². The molecular formula is C18H32FIN4O2S2. The summed E-state index contributed by atoms with van der Waals surface area (Å²) in [4.78, 5) is 5.59. The molecule has 2 N–H and O–H groups in total. The lowest BCUT2D eigenvalue weighted by Crippen LogP contribution is -2.39. The molecule has 1 aromatic rings. The van der Waals surface area contributed by atoms with E-state index in [1.807, 2.05) is 13.8 Å². The van der Waals surface area contributed by atoms with Crippen molar-refractivity contribution in [2.75, 3.05) is 44.7 Å². The number of sulfonamides is 1. The first kappa shape index (κ1) is 27.4. The van der Waals surface area contributed by atoms with Gasteiger partial charge in [0.15, 0.2) is 5.96 Å². The summed E-state index contributed by atoms with van der Waals surface area (Å²) in [7, 11) is -3.14. The minimum Gasteiger partial charge on any atom is -0.357 e. The zero-order valence-corrected chi connectivity index (χ0v) is 20.7. The number of guanidine groups is 1. The van der Waals surface area contributed by atoms with Crippen molar-refractivity contribution in [3.63, 3.8) is 0 Å². The highest BCUT2D eigenvalue weighted by Crippen LogP contribution is 2.18. The molecule has 10 heteroatoms. The van der Waals surface area contributed by atoms with Gasteiger partial charge in [-0.1, -0.05) is 6.92 Å². The molecule has 162 valence electrons. The Hall–Kier alpha value is -0.590. The lowest BCUT2D eigenvalue weighted by Gasteiger charge is -2.18. The number of nitrogens with zero attached hydrogens (tertiary/aromatic N) is 2. The summed E-state index contributed by atoms with van der Waals surface area (Å²) in [6, 6.07) is 6.50. The zero-order valence-electron chi connectivity index (χ0n) is 16.8. The predicted octanol–water partition coefficient (Wildman–Crippen LogP) is 3.15. The second-order valence-corrected chi connectivity index (χ2v) is 9.10.